The van der Waals surface area contributed by atoms with Gasteiger partial charge in [-0.25, -0.2) is 0 Å². The number of rotatable bonds is 4. The maximum absolute atomic E-state index is 13.0. The molecule has 0 aliphatic heterocycles. The Morgan fingerprint density at radius 2 is 1.77 bits per heavy atom. The molecular weight excluding hydrogens is 460 g/mol. The highest BCUT2D eigenvalue weighted by molar-refractivity contribution is 6.31. The normalized spacial score (nSPS) is 38.0. The lowest BCUT2D eigenvalue weighted by Crippen LogP contribution is -2.58. The molecule has 0 bridgehead atoms. The van der Waals surface area contributed by atoms with Crippen molar-refractivity contribution in [1.29, 1.82) is 0 Å². The second-order valence-corrected chi connectivity index (χ2v) is 12.1. The van der Waals surface area contributed by atoms with Crippen LogP contribution in [0.15, 0.2) is 47.6 Å². The number of halogens is 1. The Morgan fingerprint density at radius 1 is 1.06 bits per heavy atom. The summed E-state index contributed by atoms with van der Waals surface area (Å²) >= 11 is 6.55. The van der Waals surface area contributed by atoms with E-state index in [1.165, 1.54) is 18.1 Å². The SMILES string of the molecule is CC(=O)O[C@]1(C(C)=O)CC[C@H]2[C@@H]3C=C(Cc4ccccc4Cl)C4=CC(=O)CC[C@]4(C)[C@H]3CC[C@@]21C. The number of ether oxygens (including phenoxy) is 1. The van der Waals surface area contributed by atoms with Gasteiger partial charge in [-0.15, -0.1) is 0 Å². The van der Waals surface area contributed by atoms with Crippen LogP contribution >= 0.6 is 11.6 Å². The first-order chi connectivity index (χ1) is 16.5. The Kier molecular flexibility index (Phi) is 5.90. The molecule has 4 aliphatic rings. The highest BCUT2D eigenvalue weighted by Crippen LogP contribution is 2.68. The Hall–Kier alpha value is -2.20. The second-order valence-electron chi connectivity index (χ2n) is 11.7. The Balaban J connectivity index is 1.62. The number of carbonyl (C=O) groups is 3. The lowest BCUT2D eigenvalue weighted by atomic mass is 9.46. The van der Waals surface area contributed by atoms with Crippen LogP contribution in [0.3, 0.4) is 0 Å². The molecule has 0 radical (unpaired) electrons. The number of ketones is 2. The molecule has 0 N–H and O–H groups in total. The molecule has 4 aliphatic carbocycles. The molecule has 186 valence electrons. The minimum atomic E-state index is -1.05. The van der Waals surface area contributed by atoms with Crippen LogP contribution in [0.4, 0.5) is 0 Å². The number of allylic oxidation sites excluding steroid dienone is 4. The van der Waals surface area contributed by atoms with E-state index in [9.17, 15) is 14.4 Å². The average Bonchev–Trinajstić information content (AvgIpc) is 3.09. The third-order valence-electron chi connectivity index (χ3n) is 10.0. The van der Waals surface area contributed by atoms with E-state index >= 15 is 0 Å². The van der Waals surface area contributed by atoms with Crippen LogP contribution in [0, 0.1) is 28.6 Å². The fourth-order valence-corrected chi connectivity index (χ4v) is 8.52. The predicted molar refractivity (Wildman–Crippen MR) is 136 cm³/mol. The Morgan fingerprint density at radius 3 is 2.46 bits per heavy atom. The van der Waals surface area contributed by atoms with Crippen LogP contribution in [0.5, 0.6) is 0 Å². The van der Waals surface area contributed by atoms with Crippen LogP contribution < -0.4 is 0 Å². The zero-order chi connectivity index (χ0) is 25.2. The van der Waals surface area contributed by atoms with Gasteiger partial charge in [-0.3, -0.25) is 14.4 Å². The summed E-state index contributed by atoms with van der Waals surface area (Å²) < 4.78 is 5.91. The minimum absolute atomic E-state index is 0.0395. The predicted octanol–water partition coefficient (Wildman–Crippen LogP) is 6.45. The summed E-state index contributed by atoms with van der Waals surface area (Å²) in [7, 11) is 0. The summed E-state index contributed by atoms with van der Waals surface area (Å²) in [5.41, 5.74) is 1.88. The minimum Gasteiger partial charge on any atom is -0.451 e. The van der Waals surface area contributed by atoms with E-state index in [-0.39, 0.29) is 34.8 Å². The van der Waals surface area contributed by atoms with Gasteiger partial charge in [0.1, 0.15) is 0 Å². The molecule has 35 heavy (non-hydrogen) atoms. The standard InChI is InChI=1S/C30H35ClO4/c1-18(32)30(35-19(2)33)14-11-25-23-16-21(15-20-7-5-6-8-27(20)31)26-17-22(34)9-12-28(26,3)24(23)10-13-29(25,30)4/h5-8,16-17,23-25H,9-15H2,1-4H3/t23-,24+,25+,28-,29+,30+/m1/s1. The van der Waals surface area contributed by atoms with Gasteiger partial charge >= 0.3 is 5.97 Å². The quantitative estimate of drug-likeness (QED) is 0.451. The van der Waals surface area contributed by atoms with Gasteiger partial charge < -0.3 is 4.74 Å². The van der Waals surface area contributed by atoms with Crippen LogP contribution in [0.1, 0.15) is 71.8 Å². The van der Waals surface area contributed by atoms with Crippen molar-refractivity contribution in [3.63, 3.8) is 0 Å². The van der Waals surface area contributed by atoms with Crippen molar-refractivity contribution in [2.75, 3.05) is 0 Å². The van der Waals surface area contributed by atoms with Gasteiger partial charge in [0, 0.05) is 23.8 Å². The van der Waals surface area contributed by atoms with Crippen LogP contribution in [-0.4, -0.2) is 23.1 Å². The van der Waals surface area contributed by atoms with E-state index in [1.54, 1.807) is 6.92 Å². The summed E-state index contributed by atoms with van der Waals surface area (Å²) in [5.74, 6) is 0.677. The van der Waals surface area contributed by atoms with Gasteiger partial charge in [-0.1, -0.05) is 49.7 Å². The van der Waals surface area contributed by atoms with Crippen LogP contribution in [0.2, 0.25) is 5.02 Å². The van der Waals surface area contributed by atoms with E-state index in [4.69, 9.17) is 16.3 Å². The number of carbonyl (C=O) groups excluding carboxylic acids is 3. The lowest BCUT2D eigenvalue weighted by Gasteiger charge is -2.58. The van der Waals surface area contributed by atoms with Crippen molar-refractivity contribution in [3.05, 3.63) is 58.1 Å². The zero-order valence-corrected chi connectivity index (χ0v) is 21.9. The van der Waals surface area contributed by atoms with Crippen LogP contribution in [-0.2, 0) is 25.5 Å². The number of benzene rings is 1. The van der Waals surface area contributed by atoms with Gasteiger partial charge in [-0.2, -0.15) is 0 Å². The fraction of sp³-hybridized carbons (Fsp3) is 0.567. The van der Waals surface area contributed by atoms with Crippen molar-refractivity contribution in [3.8, 4) is 0 Å². The van der Waals surface area contributed by atoms with Gasteiger partial charge in [0.15, 0.2) is 17.2 Å². The first kappa shape index (κ1) is 24.5. The topological polar surface area (TPSA) is 60.4 Å². The molecule has 0 saturated heterocycles. The highest BCUT2D eigenvalue weighted by Gasteiger charge is 2.67. The number of esters is 1. The number of Topliss-reactive ketones (excluding diaryl/α,β-unsaturated/α-hetero) is 1. The third-order valence-corrected chi connectivity index (χ3v) is 10.4. The van der Waals surface area contributed by atoms with Crippen molar-refractivity contribution in [2.45, 2.75) is 78.2 Å². The Labute approximate surface area is 213 Å². The third kappa shape index (κ3) is 3.58. The van der Waals surface area contributed by atoms with E-state index in [1.807, 2.05) is 24.3 Å². The van der Waals surface area contributed by atoms with Gasteiger partial charge in [0.2, 0.25) is 0 Å². The van der Waals surface area contributed by atoms with Crippen molar-refractivity contribution >= 4 is 29.1 Å². The van der Waals surface area contributed by atoms with Crippen molar-refractivity contribution in [2.24, 2.45) is 28.6 Å². The number of hydrogen-bond donors (Lipinski definition) is 0. The highest BCUT2D eigenvalue weighted by atomic mass is 35.5. The number of hydrogen-bond acceptors (Lipinski definition) is 4. The number of fused-ring (bicyclic) bond motifs is 5. The summed E-state index contributed by atoms with van der Waals surface area (Å²) in [6.45, 7) is 7.50. The summed E-state index contributed by atoms with van der Waals surface area (Å²) in [4.78, 5) is 37.7. The van der Waals surface area contributed by atoms with E-state index in [0.717, 1.165) is 36.3 Å². The van der Waals surface area contributed by atoms with Crippen molar-refractivity contribution < 1.29 is 19.1 Å². The summed E-state index contributed by atoms with van der Waals surface area (Å²) in [5, 5.41) is 0.736. The van der Waals surface area contributed by atoms with Crippen molar-refractivity contribution in [1.82, 2.24) is 0 Å². The molecule has 0 aromatic heterocycles. The maximum atomic E-state index is 13.0. The first-order valence-electron chi connectivity index (χ1n) is 12.9. The molecule has 6 atom stereocenters. The fourth-order valence-electron chi connectivity index (χ4n) is 8.32. The molecule has 0 amide bonds. The van der Waals surface area contributed by atoms with Gasteiger partial charge in [0.05, 0.1) is 0 Å². The molecule has 2 fully saturated rings. The monoisotopic (exact) mass is 494 g/mol. The Bertz CT molecular complexity index is 1160. The summed E-state index contributed by atoms with van der Waals surface area (Å²) in [6, 6.07) is 7.91. The van der Waals surface area contributed by atoms with E-state index in [0.29, 0.717) is 25.2 Å². The van der Waals surface area contributed by atoms with Crippen LogP contribution in [0.25, 0.3) is 0 Å². The largest absolute Gasteiger partial charge is 0.451 e. The molecule has 5 rings (SSSR count). The molecular formula is C30H35ClO4. The van der Waals surface area contributed by atoms with E-state index < -0.39 is 11.0 Å². The maximum Gasteiger partial charge on any atom is 0.303 e. The zero-order valence-electron chi connectivity index (χ0n) is 21.2. The molecule has 1 aromatic carbocycles. The smallest absolute Gasteiger partial charge is 0.303 e. The second kappa shape index (κ2) is 8.44. The summed E-state index contributed by atoms with van der Waals surface area (Å²) in [6.07, 6.45) is 9.63. The molecule has 2 saturated carbocycles. The van der Waals surface area contributed by atoms with Gasteiger partial charge in [-0.05, 0) is 97.5 Å². The molecule has 4 nitrogen and oxygen atoms in total. The average molecular weight is 495 g/mol. The molecule has 0 unspecified atom stereocenters. The lowest BCUT2D eigenvalue weighted by molar-refractivity contribution is -0.185. The van der Waals surface area contributed by atoms with Gasteiger partial charge in [0.25, 0.3) is 0 Å². The van der Waals surface area contributed by atoms with E-state index in [2.05, 4.69) is 26.0 Å². The first-order valence-corrected chi connectivity index (χ1v) is 13.3. The molecule has 5 heteroatoms. The molecule has 1 aromatic rings. The molecule has 0 heterocycles. The molecule has 0 spiro atoms.